The van der Waals surface area contributed by atoms with E-state index in [1.54, 1.807) is 0 Å². The monoisotopic (exact) mass is 907 g/mol. The molecule has 0 bridgehead atoms. The molecule has 0 amide bonds. The Morgan fingerprint density at radius 3 is 1.61 bits per heavy atom. The minimum absolute atomic E-state index is 0.667. The highest BCUT2D eigenvalue weighted by Gasteiger charge is 2.50. The van der Waals surface area contributed by atoms with Crippen molar-refractivity contribution in [1.82, 2.24) is 0 Å². The molecule has 11 aromatic carbocycles. The molecule has 0 fully saturated rings. The molecule has 3 heteroatoms. The molecule has 2 aliphatic carbocycles. The standard InChI is InChI=1S/C67H41NOS/c1-2-16-42(17-3-1)43-30-32-44(33-31-43)68(45-35-38-62-56(40-45)50-21-7-6-20-49(50)53-23-10-14-28-61(53)69-62)46-34-36-52-48-19-5-4-18-47(48)51-22-8-12-26-57(51)67(60(52)41-46)58-27-13-9-24-54(58)65-59(67)37-39-64-66(65)55-25-11-15-29-63(55)70-64/h1-41H. The van der Waals surface area contributed by atoms with Gasteiger partial charge in [-0.2, -0.15) is 0 Å². The fourth-order valence-corrected chi connectivity index (χ4v) is 13.3. The second-order valence-corrected chi connectivity index (χ2v) is 19.7. The molecule has 2 nitrogen and oxygen atoms in total. The van der Waals surface area contributed by atoms with Gasteiger partial charge < -0.3 is 9.64 Å². The minimum atomic E-state index is -0.667. The fraction of sp³-hybridized carbons (Fsp3) is 0.0149. The van der Waals surface area contributed by atoms with Crippen LogP contribution in [-0.2, 0) is 5.41 Å². The lowest BCUT2D eigenvalue weighted by atomic mass is 9.65. The topological polar surface area (TPSA) is 12.5 Å². The van der Waals surface area contributed by atoms with Crippen molar-refractivity contribution in [3.8, 4) is 78.3 Å². The average molecular weight is 908 g/mol. The third-order valence-electron chi connectivity index (χ3n) is 15.1. The Bertz CT molecular complexity index is 4110. The molecule has 1 aliphatic heterocycles. The summed E-state index contributed by atoms with van der Waals surface area (Å²) in [5, 5.41) is 2.65. The summed E-state index contributed by atoms with van der Waals surface area (Å²) in [4.78, 5) is 2.45. The number of para-hydroxylation sites is 1. The second kappa shape index (κ2) is 15.1. The van der Waals surface area contributed by atoms with Gasteiger partial charge in [0.15, 0.2) is 0 Å². The molecule has 326 valence electrons. The third-order valence-corrected chi connectivity index (χ3v) is 16.3. The molecule has 70 heavy (non-hydrogen) atoms. The van der Waals surface area contributed by atoms with Gasteiger partial charge in [0.25, 0.3) is 0 Å². The van der Waals surface area contributed by atoms with Crippen LogP contribution in [0.1, 0.15) is 22.3 Å². The minimum Gasteiger partial charge on any atom is -0.456 e. The van der Waals surface area contributed by atoms with Crippen LogP contribution in [0.25, 0.3) is 86.9 Å². The van der Waals surface area contributed by atoms with Crippen LogP contribution < -0.4 is 9.64 Å². The lowest BCUT2D eigenvalue weighted by molar-refractivity contribution is 0.488. The first-order valence-electron chi connectivity index (χ1n) is 24.1. The van der Waals surface area contributed by atoms with Crippen LogP contribution in [0.15, 0.2) is 249 Å². The highest BCUT2D eigenvalue weighted by atomic mass is 32.1. The van der Waals surface area contributed by atoms with Gasteiger partial charge in [-0.25, -0.2) is 0 Å². The van der Waals surface area contributed by atoms with Gasteiger partial charge >= 0.3 is 0 Å². The summed E-state index contributed by atoms with van der Waals surface area (Å²) < 4.78 is 9.44. The van der Waals surface area contributed by atoms with Gasteiger partial charge in [-0.3, -0.25) is 0 Å². The van der Waals surface area contributed by atoms with E-state index in [-0.39, 0.29) is 0 Å². The zero-order valence-corrected chi connectivity index (χ0v) is 38.8. The molecule has 0 radical (unpaired) electrons. The Kier molecular flexibility index (Phi) is 8.48. The van der Waals surface area contributed by atoms with E-state index < -0.39 is 5.41 Å². The van der Waals surface area contributed by atoms with Gasteiger partial charge in [-0.1, -0.05) is 188 Å². The maximum Gasteiger partial charge on any atom is 0.135 e. The molecular formula is C67H41NOS. The molecule has 0 saturated heterocycles. The van der Waals surface area contributed by atoms with E-state index in [1.807, 2.05) is 11.3 Å². The highest BCUT2D eigenvalue weighted by Crippen LogP contribution is 2.64. The molecule has 15 rings (SSSR count). The molecule has 3 aliphatic rings. The van der Waals surface area contributed by atoms with Crippen molar-refractivity contribution in [1.29, 1.82) is 0 Å². The summed E-state index contributed by atoms with van der Waals surface area (Å²) in [6.07, 6.45) is 0. The Hall–Kier alpha value is -8.76. The smallest absolute Gasteiger partial charge is 0.135 e. The molecule has 1 spiro atoms. The molecule has 12 aromatic rings. The van der Waals surface area contributed by atoms with Crippen molar-refractivity contribution in [2.24, 2.45) is 0 Å². The number of nitrogens with zero attached hydrogens (tertiary/aromatic N) is 1. The first-order chi connectivity index (χ1) is 34.7. The second-order valence-electron chi connectivity index (χ2n) is 18.6. The zero-order chi connectivity index (χ0) is 45.9. The summed E-state index contributed by atoms with van der Waals surface area (Å²) in [6.45, 7) is 0. The van der Waals surface area contributed by atoms with Crippen LogP contribution in [0, 0.1) is 0 Å². The van der Waals surface area contributed by atoms with Crippen molar-refractivity contribution in [3.05, 3.63) is 271 Å². The molecule has 0 saturated carbocycles. The molecule has 2 heterocycles. The van der Waals surface area contributed by atoms with Gasteiger partial charge in [0.05, 0.1) is 5.41 Å². The predicted molar refractivity (Wildman–Crippen MR) is 292 cm³/mol. The number of anilines is 3. The summed E-state index contributed by atoms with van der Waals surface area (Å²) in [5.74, 6) is 1.69. The number of hydrogen-bond acceptors (Lipinski definition) is 3. The predicted octanol–water partition coefficient (Wildman–Crippen LogP) is 18.6. The lowest BCUT2D eigenvalue weighted by Gasteiger charge is -2.36. The molecule has 1 atom stereocenters. The highest BCUT2D eigenvalue weighted by molar-refractivity contribution is 7.26. The van der Waals surface area contributed by atoms with Crippen LogP contribution in [-0.4, -0.2) is 0 Å². The Morgan fingerprint density at radius 2 is 0.843 bits per heavy atom. The first kappa shape index (κ1) is 39.3. The van der Waals surface area contributed by atoms with Crippen molar-refractivity contribution in [2.75, 3.05) is 4.90 Å². The van der Waals surface area contributed by atoms with E-state index in [1.165, 1.54) is 86.9 Å². The van der Waals surface area contributed by atoms with E-state index >= 15 is 0 Å². The average Bonchev–Trinajstić information content (AvgIpc) is 3.88. The van der Waals surface area contributed by atoms with Crippen molar-refractivity contribution < 1.29 is 4.74 Å². The molecular weight excluding hydrogens is 867 g/mol. The van der Waals surface area contributed by atoms with Crippen LogP contribution in [0.2, 0.25) is 0 Å². The SMILES string of the molecule is c1ccc(-c2ccc(N(c3ccc4c(c3)-c3ccccc3-c3ccccc3O4)c3ccc4c(c3)C3(c5ccccc5-c5ccccc5-4)c4ccccc4-c4c3ccc3sc5ccccc5c43)cc2)cc1. The normalized spacial score (nSPS) is 14.5. The largest absolute Gasteiger partial charge is 0.456 e. The van der Waals surface area contributed by atoms with E-state index in [4.69, 9.17) is 4.74 Å². The number of ether oxygens (including phenoxy) is 1. The fourth-order valence-electron chi connectivity index (χ4n) is 12.2. The van der Waals surface area contributed by atoms with Gasteiger partial charge in [-0.05, 0) is 139 Å². The maximum absolute atomic E-state index is 6.81. The van der Waals surface area contributed by atoms with E-state index in [0.717, 1.165) is 50.8 Å². The van der Waals surface area contributed by atoms with Gasteiger partial charge in [0.1, 0.15) is 11.5 Å². The van der Waals surface area contributed by atoms with E-state index in [9.17, 15) is 0 Å². The number of thiophene rings is 1. The number of benzene rings is 11. The van der Waals surface area contributed by atoms with Crippen molar-refractivity contribution in [3.63, 3.8) is 0 Å². The van der Waals surface area contributed by atoms with E-state index in [0.29, 0.717) is 0 Å². The molecule has 1 aromatic heterocycles. The number of hydrogen-bond donors (Lipinski definition) is 0. The number of rotatable bonds is 4. The van der Waals surface area contributed by atoms with Crippen molar-refractivity contribution >= 4 is 48.6 Å². The summed E-state index contributed by atoms with van der Waals surface area (Å²) in [5.41, 5.74) is 22.1. The summed E-state index contributed by atoms with van der Waals surface area (Å²) >= 11 is 1.89. The Labute approximate surface area is 410 Å². The maximum atomic E-state index is 6.81. The van der Waals surface area contributed by atoms with Crippen LogP contribution in [0.3, 0.4) is 0 Å². The van der Waals surface area contributed by atoms with Crippen LogP contribution in [0.5, 0.6) is 11.5 Å². The summed E-state index contributed by atoms with van der Waals surface area (Å²) in [6, 6.07) is 92.0. The zero-order valence-electron chi connectivity index (χ0n) is 37.9. The van der Waals surface area contributed by atoms with Gasteiger partial charge in [0.2, 0.25) is 0 Å². The summed E-state index contributed by atoms with van der Waals surface area (Å²) in [7, 11) is 0. The lowest BCUT2D eigenvalue weighted by Crippen LogP contribution is -2.29. The Morgan fingerprint density at radius 1 is 0.314 bits per heavy atom. The Balaban J connectivity index is 1.03. The first-order valence-corrected chi connectivity index (χ1v) is 24.9. The number of fused-ring (bicyclic) bond motifs is 21. The van der Waals surface area contributed by atoms with Gasteiger partial charge in [0, 0.05) is 48.4 Å². The molecule has 1 unspecified atom stereocenters. The van der Waals surface area contributed by atoms with E-state index in [2.05, 4.69) is 254 Å². The van der Waals surface area contributed by atoms with Crippen LogP contribution in [0.4, 0.5) is 17.1 Å². The van der Waals surface area contributed by atoms with Crippen LogP contribution >= 0.6 is 11.3 Å². The third kappa shape index (κ3) is 5.55. The van der Waals surface area contributed by atoms with Gasteiger partial charge in [-0.15, -0.1) is 11.3 Å². The van der Waals surface area contributed by atoms with Crippen molar-refractivity contribution in [2.45, 2.75) is 5.41 Å². The quantitative estimate of drug-likeness (QED) is 0.174. The molecule has 0 N–H and O–H groups in total.